The van der Waals surface area contributed by atoms with E-state index in [1.165, 1.54) is 0 Å². The number of pyridine rings is 1. The number of ketones is 1. The Kier molecular flexibility index (Phi) is 9.86. The molecule has 0 spiro atoms. The van der Waals surface area contributed by atoms with Crippen LogP contribution in [0.5, 0.6) is 0 Å². The number of fused-ring (bicyclic) bond motifs is 2. The Hall–Kier alpha value is -4.71. The lowest BCUT2D eigenvalue weighted by Gasteiger charge is -2.16. The van der Waals surface area contributed by atoms with Crippen LogP contribution in [0.25, 0.3) is 27.7 Å². The fourth-order valence-electron chi connectivity index (χ4n) is 5.93. The van der Waals surface area contributed by atoms with Crippen LogP contribution in [0.3, 0.4) is 0 Å². The number of nitrogens with one attached hydrogen (secondary N) is 3. The number of nitrogens with zero attached hydrogens (tertiary/aromatic N) is 6. The number of aliphatic hydroxyl groups excluding tert-OH is 1. The van der Waals surface area contributed by atoms with Crippen molar-refractivity contribution < 1.29 is 9.90 Å². The number of β-amino-alcohol motifs (C(OH)–C–C–N with tert-alkyl or cyclic N) is 1. The highest BCUT2D eigenvalue weighted by Crippen LogP contribution is 2.31. The predicted molar refractivity (Wildman–Crippen MR) is 187 cm³/mol. The summed E-state index contributed by atoms with van der Waals surface area (Å²) >= 11 is 0. The Morgan fingerprint density at radius 3 is 2.77 bits per heavy atom. The van der Waals surface area contributed by atoms with Crippen LogP contribution in [0.2, 0.25) is 0 Å². The highest BCUT2D eigenvalue weighted by molar-refractivity contribution is 5.97. The minimum absolute atomic E-state index is 0.0833. The quantitative estimate of drug-likeness (QED) is 0.139. The monoisotopic (exact) mass is 633 g/mol. The van der Waals surface area contributed by atoms with Crippen LogP contribution in [-0.2, 0) is 17.8 Å². The Morgan fingerprint density at radius 1 is 1.13 bits per heavy atom. The van der Waals surface area contributed by atoms with Crippen LogP contribution in [-0.4, -0.2) is 86.7 Å². The van der Waals surface area contributed by atoms with Crippen LogP contribution in [0.4, 0.5) is 11.9 Å². The molecule has 0 saturated carbocycles. The summed E-state index contributed by atoms with van der Waals surface area (Å²) < 4.78 is 1.75. The summed E-state index contributed by atoms with van der Waals surface area (Å²) in [6.07, 6.45) is 7.20. The lowest BCUT2D eigenvalue weighted by molar-refractivity contribution is -0.114. The standard InChI is InChI=1S/C36H43N9O2/c1-23(2)31-21-41-45-34(31)42-35(39-20-27-18-37-22-32(27)47)43-36(45)40-19-26-8-5-6-10-29(26)33-30-12-11-24(16-25(30)13-14-38-33)17-28(46)9-7-15-44(3)4/h5-14,16,21,23,27,32,37,47H,15,17-20,22H2,1-4H3,(H2,39,40,42,43)/b9-7+/t27-,32+/m1/s1. The van der Waals surface area contributed by atoms with Gasteiger partial charge < -0.3 is 26.0 Å². The van der Waals surface area contributed by atoms with E-state index in [9.17, 15) is 9.90 Å². The zero-order chi connectivity index (χ0) is 32.9. The average molecular weight is 634 g/mol. The molecule has 0 unspecified atom stereocenters. The van der Waals surface area contributed by atoms with Crippen molar-refractivity contribution in [2.24, 2.45) is 5.92 Å². The van der Waals surface area contributed by atoms with E-state index in [-0.39, 0.29) is 17.6 Å². The molecule has 1 fully saturated rings. The third-order valence-electron chi connectivity index (χ3n) is 8.53. The number of hydrogen-bond acceptors (Lipinski definition) is 10. The zero-order valence-corrected chi connectivity index (χ0v) is 27.4. The Labute approximate surface area is 275 Å². The molecule has 11 nitrogen and oxygen atoms in total. The van der Waals surface area contributed by atoms with Crippen molar-refractivity contribution in [3.63, 3.8) is 0 Å². The molecule has 0 bridgehead atoms. The summed E-state index contributed by atoms with van der Waals surface area (Å²) in [4.78, 5) is 29.0. The molecule has 1 aliphatic rings. The summed E-state index contributed by atoms with van der Waals surface area (Å²) in [5, 5.41) is 27.1. The smallest absolute Gasteiger partial charge is 0.229 e. The van der Waals surface area contributed by atoms with Gasteiger partial charge in [0.15, 0.2) is 11.4 Å². The molecule has 0 aliphatic carbocycles. The van der Waals surface area contributed by atoms with Crippen LogP contribution < -0.4 is 16.0 Å². The minimum Gasteiger partial charge on any atom is -0.391 e. The third-order valence-corrected chi connectivity index (χ3v) is 8.53. The van der Waals surface area contributed by atoms with Crippen molar-refractivity contribution in [1.82, 2.24) is 34.8 Å². The van der Waals surface area contributed by atoms with Crippen molar-refractivity contribution in [3.05, 3.63) is 89.8 Å². The van der Waals surface area contributed by atoms with Gasteiger partial charge in [0.1, 0.15) is 0 Å². The number of aromatic nitrogens is 5. The van der Waals surface area contributed by atoms with Gasteiger partial charge in [0.25, 0.3) is 0 Å². The van der Waals surface area contributed by atoms with E-state index in [1.54, 1.807) is 10.6 Å². The number of rotatable bonds is 13. The molecule has 11 heteroatoms. The van der Waals surface area contributed by atoms with Gasteiger partial charge in [0.2, 0.25) is 11.9 Å². The van der Waals surface area contributed by atoms with Gasteiger partial charge in [-0.25, -0.2) is 0 Å². The molecular weight excluding hydrogens is 590 g/mol. The van der Waals surface area contributed by atoms with Crippen LogP contribution in [0.1, 0.15) is 36.5 Å². The summed E-state index contributed by atoms with van der Waals surface area (Å²) in [5.74, 6) is 1.47. The number of carbonyl (C=O) groups excluding carboxylic acids is 1. The minimum atomic E-state index is -0.395. The second-order valence-electron chi connectivity index (χ2n) is 12.8. The number of allylic oxidation sites excluding steroid dienone is 1. The van der Waals surface area contributed by atoms with Gasteiger partial charge in [-0.1, -0.05) is 62.4 Å². The Morgan fingerprint density at radius 2 is 1.98 bits per heavy atom. The number of aliphatic hydroxyl groups is 1. The van der Waals surface area contributed by atoms with Gasteiger partial charge in [-0.3, -0.25) is 9.78 Å². The first-order chi connectivity index (χ1) is 22.8. The van der Waals surface area contributed by atoms with Crippen LogP contribution >= 0.6 is 0 Å². The van der Waals surface area contributed by atoms with Crippen molar-refractivity contribution in [3.8, 4) is 11.3 Å². The van der Waals surface area contributed by atoms with Crippen molar-refractivity contribution in [2.75, 3.05) is 50.9 Å². The number of likely N-dealkylation sites (N-methyl/N-ethyl adjacent to an activating group) is 1. The van der Waals surface area contributed by atoms with Crippen LogP contribution in [0.15, 0.2) is 73.1 Å². The van der Waals surface area contributed by atoms with E-state index in [2.05, 4.69) is 59.2 Å². The largest absolute Gasteiger partial charge is 0.391 e. The van der Waals surface area contributed by atoms with E-state index in [0.717, 1.165) is 57.5 Å². The maximum atomic E-state index is 12.5. The Bertz CT molecular complexity index is 1900. The molecular formula is C36H43N9O2. The highest BCUT2D eigenvalue weighted by Gasteiger charge is 2.25. The van der Waals surface area contributed by atoms with Crippen molar-refractivity contribution >= 4 is 34.1 Å². The van der Waals surface area contributed by atoms with Crippen LogP contribution in [0, 0.1) is 5.92 Å². The third kappa shape index (κ3) is 7.48. The molecule has 3 aromatic heterocycles. The first-order valence-electron chi connectivity index (χ1n) is 16.2. The molecule has 0 radical (unpaired) electrons. The maximum absolute atomic E-state index is 12.5. The molecule has 2 atom stereocenters. The average Bonchev–Trinajstić information content (AvgIpc) is 3.68. The topological polar surface area (TPSA) is 133 Å². The highest BCUT2D eigenvalue weighted by atomic mass is 16.3. The number of carbonyl (C=O) groups is 1. The number of anilines is 2. The second-order valence-corrected chi connectivity index (χ2v) is 12.8. The maximum Gasteiger partial charge on any atom is 0.229 e. The summed E-state index contributed by atoms with van der Waals surface area (Å²) in [6, 6.07) is 16.4. The first kappa shape index (κ1) is 32.2. The van der Waals surface area contributed by atoms with Crippen molar-refractivity contribution in [2.45, 2.75) is 38.8 Å². The molecule has 47 heavy (non-hydrogen) atoms. The van der Waals surface area contributed by atoms with E-state index in [1.807, 2.05) is 61.7 Å². The molecule has 0 amide bonds. The first-order valence-corrected chi connectivity index (χ1v) is 16.2. The van der Waals surface area contributed by atoms with Gasteiger partial charge >= 0.3 is 0 Å². The molecule has 1 aliphatic heterocycles. The van der Waals surface area contributed by atoms with E-state index in [0.29, 0.717) is 38.0 Å². The van der Waals surface area contributed by atoms with E-state index < -0.39 is 6.10 Å². The molecule has 1 saturated heterocycles. The molecule has 6 rings (SSSR count). The molecule has 2 aromatic carbocycles. The predicted octanol–water partition coefficient (Wildman–Crippen LogP) is 4.30. The van der Waals surface area contributed by atoms with Gasteiger partial charge in [-0.2, -0.15) is 19.6 Å². The number of benzene rings is 2. The van der Waals surface area contributed by atoms with E-state index >= 15 is 0 Å². The number of hydrogen-bond donors (Lipinski definition) is 4. The summed E-state index contributed by atoms with van der Waals surface area (Å²) in [7, 11) is 3.96. The SMILES string of the molecule is CC(C)c1cnn2c(NCc3ccccc3-c3nccc4cc(CC(=O)/C=C/CN(C)C)ccc34)nc(NC[C@H]3CNC[C@@H]3O)nc12. The van der Waals surface area contributed by atoms with Gasteiger partial charge in [-0.05, 0) is 48.7 Å². The van der Waals surface area contributed by atoms with Crippen molar-refractivity contribution in [1.29, 1.82) is 0 Å². The lowest BCUT2D eigenvalue weighted by atomic mass is 9.97. The van der Waals surface area contributed by atoms with Gasteiger partial charge in [0.05, 0.1) is 18.0 Å². The molecule has 5 aromatic rings. The molecule has 4 heterocycles. The molecule has 244 valence electrons. The molecule has 4 N–H and O–H groups in total. The normalized spacial score (nSPS) is 16.7. The Balaban J connectivity index is 1.25. The summed E-state index contributed by atoms with van der Waals surface area (Å²) in [5.41, 5.74) is 5.69. The second kappa shape index (κ2) is 14.4. The lowest BCUT2D eigenvalue weighted by Crippen LogP contribution is -2.26. The van der Waals surface area contributed by atoms with Gasteiger partial charge in [0, 0.05) is 67.8 Å². The summed E-state index contributed by atoms with van der Waals surface area (Å²) in [6.45, 7) is 7.37. The van der Waals surface area contributed by atoms with E-state index in [4.69, 9.17) is 15.0 Å². The fraction of sp³-hybridized carbons (Fsp3) is 0.361. The zero-order valence-electron chi connectivity index (χ0n) is 27.4. The fourth-order valence-corrected chi connectivity index (χ4v) is 5.93. The van der Waals surface area contributed by atoms with Gasteiger partial charge in [-0.15, -0.1) is 0 Å².